The van der Waals surface area contributed by atoms with Crippen LogP contribution in [0.2, 0.25) is 0 Å². The van der Waals surface area contributed by atoms with Crippen LogP contribution in [0.3, 0.4) is 0 Å². The molecule has 1 aromatic rings. The minimum absolute atomic E-state index is 0.100. The molecule has 2 aliphatic rings. The Morgan fingerprint density at radius 2 is 1.95 bits per heavy atom. The van der Waals surface area contributed by atoms with Crippen molar-refractivity contribution in [2.75, 3.05) is 0 Å². The molecule has 6 nitrogen and oxygen atoms in total. The summed E-state index contributed by atoms with van der Waals surface area (Å²) in [5.74, 6) is -0.597. The first-order chi connectivity index (χ1) is 10.1. The van der Waals surface area contributed by atoms with E-state index in [-0.39, 0.29) is 17.4 Å². The molecule has 0 bridgehead atoms. The van der Waals surface area contributed by atoms with Crippen molar-refractivity contribution in [1.82, 2.24) is 0 Å². The van der Waals surface area contributed by atoms with E-state index in [1.54, 1.807) is 24.3 Å². The Bertz CT molecular complexity index is 676. The van der Waals surface area contributed by atoms with Gasteiger partial charge in [-0.25, -0.2) is 0 Å². The zero-order valence-electron chi connectivity index (χ0n) is 11.2. The molecule has 108 valence electrons. The molecular formula is C15H14N2O4. The highest BCUT2D eigenvalue weighted by molar-refractivity contribution is 5.99. The Labute approximate surface area is 121 Å². The molecule has 1 atom stereocenters. The van der Waals surface area contributed by atoms with Crippen molar-refractivity contribution in [3.8, 4) is 0 Å². The Hall–Kier alpha value is -2.63. The summed E-state index contributed by atoms with van der Waals surface area (Å²) >= 11 is 0. The maximum absolute atomic E-state index is 12.3. The van der Waals surface area contributed by atoms with E-state index in [1.807, 2.05) is 6.07 Å². The fourth-order valence-electron chi connectivity index (χ4n) is 2.89. The van der Waals surface area contributed by atoms with Gasteiger partial charge in [-0.15, -0.1) is 0 Å². The lowest BCUT2D eigenvalue weighted by Gasteiger charge is -2.29. The molecule has 1 aliphatic carbocycles. The van der Waals surface area contributed by atoms with Gasteiger partial charge in [-0.05, 0) is 12.0 Å². The monoisotopic (exact) mass is 286 g/mol. The maximum Gasteiger partial charge on any atom is 0.317 e. The Morgan fingerprint density at radius 1 is 1.24 bits per heavy atom. The van der Waals surface area contributed by atoms with E-state index >= 15 is 0 Å². The SMILES string of the molecule is NC1=C([N+](=O)[O-])[C@H](c2ccccc2)C2=C(CCCC2=O)O1. The molecule has 3 rings (SSSR count). The predicted molar refractivity (Wildman–Crippen MR) is 74.4 cm³/mol. The van der Waals surface area contributed by atoms with Gasteiger partial charge in [0.15, 0.2) is 5.78 Å². The van der Waals surface area contributed by atoms with Crippen molar-refractivity contribution in [3.63, 3.8) is 0 Å². The van der Waals surface area contributed by atoms with Crippen molar-refractivity contribution < 1.29 is 14.5 Å². The van der Waals surface area contributed by atoms with Crippen LogP contribution in [0.1, 0.15) is 30.7 Å². The zero-order valence-corrected chi connectivity index (χ0v) is 11.2. The summed E-state index contributed by atoms with van der Waals surface area (Å²) < 4.78 is 5.36. The molecule has 6 heteroatoms. The minimum Gasteiger partial charge on any atom is -0.440 e. The highest BCUT2D eigenvalue weighted by Gasteiger charge is 2.43. The molecular weight excluding hydrogens is 272 g/mol. The lowest BCUT2D eigenvalue weighted by molar-refractivity contribution is -0.433. The quantitative estimate of drug-likeness (QED) is 0.664. The molecule has 2 N–H and O–H groups in total. The third-order valence-electron chi connectivity index (χ3n) is 3.79. The number of rotatable bonds is 2. The van der Waals surface area contributed by atoms with Crippen LogP contribution in [0.15, 0.2) is 53.2 Å². The van der Waals surface area contributed by atoms with Crippen LogP contribution < -0.4 is 5.73 Å². The average Bonchev–Trinajstić information content (AvgIpc) is 2.46. The Morgan fingerprint density at radius 3 is 2.62 bits per heavy atom. The number of nitro groups is 1. The highest BCUT2D eigenvalue weighted by atomic mass is 16.6. The Balaban J connectivity index is 2.20. The Kier molecular flexibility index (Phi) is 3.21. The fourth-order valence-corrected chi connectivity index (χ4v) is 2.89. The molecule has 1 aliphatic heterocycles. The van der Waals surface area contributed by atoms with Crippen molar-refractivity contribution in [2.24, 2.45) is 5.73 Å². The number of carbonyl (C=O) groups is 1. The van der Waals surface area contributed by atoms with Crippen LogP contribution in [0.4, 0.5) is 0 Å². The zero-order chi connectivity index (χ0) is 15.0. The molecule has 0 aromatic heterocycles. The van der Waals surface area contributed by atoms with Crippen molar-refractivity contribution in [3.05, 3.63) is 68.9 Å². The van der Waals surface area contributed by atoms with E-state index in [1.165, 1.54) is 0 Å². The van der Waals surface area contributed by atoms with Crippen molar-refractivity contribution in [2.45, 2.75) is 25.2 Å². The molecule has 0 saturated heterocycles. The van der Waals surface area contributed by atoms with E-state index in [9.17, 15) is 14.9 Å². The van der Waals surface area contributed by atoms with E-state index in [4.69, 9.17) is 10.5 Å². The number of allylic oxidation sites excluding steroid dienone is 2. The van der Waals surface area contributed by atoms with Crippen LogP contribution in [0.5, 0.6) is 0 Å². The number of hydrogen-bond acceptors (Lipinski definition) is 5. The van der Waals surface area contributed by atoms with Crippen LogP contribution in [-0.2, 0) is 9.53 Å². The second-order valence-electron chi connectivity index (χ2n) is 5.07. The second kappa shape index (κ2) is 5.05. The van der Waals surface area contributed by atoms with Gasteiger partial charge in [0.2, 0.25) is 0 Å². The van der Waals surface area contributed by atoms with Gasteiger partial charge >= 0.3 is 5.70 Å². The number of hydrogen-bond donors (Lipinski definition) is 1. The normalized spacial score (nSPS) is 21.9. The minimum atomic E-state index is -0.752. The summed E-state index contributed by atoms with van der Waals surface area (Å²) in [7, 11) is 0. The van der Waals surface area contributed by atoms with Gasteiger partial charge in [0.05, 0.1) is 10.5 Å². The number of nitrogens with two attached hydrogens (primary N) is 1. The van der Waals surface area contributed by atoms with Gasteiger partial charge < -0.3 is 10.5 Å². The summed E-state index contributed by atoms with van der Waals surface area (Å²) in [5, 5.41) is 11.4. The molecule has 1 heterocycles. The molecule has 21 heavy (non-hydrogen) atoms. The van der Waals surface area contributed by atoms with Crippen LogP contribution in [-0.4, -0.2) is 10.7 Å². The third kappa shape index (κ3) is 2.18. The lowest BCUT2D eigenvalue weighted by atomic mass is 9.80. The number of Topliss-reactive ketones (excluding diaryl/α,β-unsaturated/α-hetero) is 1. The summed E-state index contributed by atoms with van der Waals surface area (Å²) in [4.78, 5) is 23.1. The summed E-state index contributed by atoms with van der Waals surface area (Å²) in [5.41, 5.74) is 6.54. The predicted octanol–water partition coefficient (Wildman–Crippen LogP) is 2.21. The molecule has 0 amide bonds. The van der Waals surface area contributed by atoms with Gasteiger partial charge in [0.1, 0.15) is 11.7 Å². The van der Waals surface area contributed by atoms with Gasteiger partial charge in [-0.2, -0.15) is 0 Å². The van der Waals surface area contributed by atoms with Gasteiger partial charge in [-0.3, -0.25) is 14.9 Å². The molecule has 0 radical (unpaired) electrons. The first-order valence-corrected chi connectivity index (χ1v) is 6.72. The molecule has 0 spiro atoms. The smallest absolute Gasteiger partial charge is 0.317 e. The third-order valence-corrected chi connectivity index (χ3v) is 3.79. The number of carbonyl (C=O) groups excluding carboxylic acids is 1. The highest BCUT2D eigenvalue weighted by Crippen LogP contribution is 2.43. The lowest BCUT2D eigenvalue weighted by Crippen LogP contribution is -2.30. The van der Waals surface area contributed by atoms with Gasteiger partial charge in [0, 0.05) is 12.8 Å². The summed E-state index contributed by atoms with van der Waals surface area (Å²) in [6.45, 7) is 0. The van der Waals surface area contributed by atoms with Crippen LogP contribution >= 0.6 is 0 Å². The average molecular weight is 286 g/mol. The second-order valence-corrected chi connectivity index (χ2v) is 5.07. The van der Waals surface area contributed by atoms with E-state index in [0.717, 1.165) is 0 Å². The molecule has 0 saturated carbocycles. The van der Waals surface area contributed by atoms with Gasteiger partial charge in [0.25, 0.3) is 5.88 Å². The first kappa shape index (κ1) is 13.4. The number of nitrogens with zero attached hydrogens (tertiary/aromatic N) is 1. The van der Waals surface area contributed by atoms with E-state index in [2.05, 4.69) is 0 Å². The number of ether oxygens (including phenoxy) is 1. The van der Waals surface area contributed by atoms with Crippen LogP contribution in [0.25, 0.3) is 0 Å². The van der Waals surface area contributed by atoms with Crippen molar-refractivity contribution in [1.29, 1.82) is 0 Å². The number of ketones is 1. The summed E-state index contributed by atoms with van der Waals surface area (Å²) in [6, 6.07) is 8.91. The number of benzene rings is 1. The topological polar surface area (TPSA) is 95.5 Å². The summed E-state index contributed by atoms with van der Waals surface area (Å²) in [6.07, 6.45) is 1.65. The molecule has 1 aromatic carbocycles. The maximum atomic E-state index is 12.3. The molecule has 0 unspecified atom stereocenters. The van der Waals surface area contributed by atoms with E-state index in [0.29, 0.717) is 36.2 Å². The van der Waals surface area contributed by atoms with Gasteiger partial charge in [-0.1, -0.05) is 30.3 Å². The largest absolute Gasteiger partial charge is 0.440 e. The fraction of sp³-hybridized carbons (Fsp3) is 0.267. The van der Waals surface area contributed by atoms with E-state index < -0.39 is 10.8 Å². The standard InChI is InChI=1S/C15H14N2O4/c16-15-14(17(19)20)12(9-5-2-1-3-6-9)13-10(18)7-4-8-11(13)21-15/h1-3,5-6,12H,4,7-8,16H2/t12-/m1/s1. The molecule has 0 fully saturated rings. The first-order valence-electron chi connectivity index (χ1n) is 6.72. The van der Waals surface area contributed by atoms with Crippen LogP contribution in [0, 0.1) is 10.1 Å². The van der Waals surface area contributed by atoms with Crippen molar-refractivity contribution >= 4 is 5.78 Å².